The first-order valence-corrected chi connectivity index (χ1v) is 10.9. The standard InChI is InChI=1S/C25H23ClN4O3/c1-14-16(3)23(26)17(4)15(2)22(14)24-27-33-30-28(24)19-11-7-8-12-20(19)29(30)25(31)18-10-6-9-13-21(18)32-5/h6-13H,1-5H3. The summed E-state index contributed by atoms with van der Waals surface area (Å²) in [6.07, 6.45) is 0. The van der Waals surface area contributed by atoms with Crippen molar-refractivity contribution in [2.45, 2.75) is 27.7 Å². The highest BCUT2D eigenvalue weighted by molar-refractivity contribution is 6.32. The van der Waals surface area contributed by atoms with E-state index in [-0.39, 0.29) is 5.91 Å². The molecule has 1 amide bonds. The molecule has 3 aromatic carbocycles. The average Bonchev–Trinajstić information content (AvgIpc) is 3.39. The van der Waals surface area contributed by atoms with Gasteiger partial charge in [-0.3, -0.25) is 9.73 Å². The number of carbonyl (C=O) groups excluding carboxylic acids is 1. The summed E-state index contributed by atoms with van der Waals surface area (Å²) in [6.45, 7) is 8.04. The van der Waals surface area contributed by atoms with E-state index in [1.807, 2.05) is 63.0 Å². The van der Waals surface area contributed by atoms with Crippen LogP contribution in [0.3, 0.4) is 0 Å². The summed E-state index contributed by atoms with van der Waals surface area (Å²) in [5, 5.41) is 9.80. The Labute approximate surface area is 197 Å². The topological polar surface area (TPSA) is 57.6 Å². The van der Waals surface area contributed by atoms with Gasteiger partial charge in [-0.25, -0.2) is 0 Å². The van der Waals surface area contributed by atoms with Crippen LogP contribution >= 0.6 is 11.6 Å². The number of amidine groups is 1. The largest absolute Gasteiger partial charge is 0.496 e. The minimum absolute atomic E-state index is 0.296. The Morgan fingerprint density at radius 1 is 0.909 bits per heavy atom. The molecule has 2 heterocycles. The van der Waals surface area contributed by atoms with E-state index in [0.29, 0.717) is 22.8 Å². The molecule has 0 unspecified atom stereocenters. The highest BCUT2D eigenvalue weighted by Gasteiger charge is 2.48. The molecule has 8 heteroatoms. The van der Waals surface area contributed by atoms with Gasteiger partial charge in [0.2, 0.25) is 5.84 Å². The van der Waals surface area contributed by atoms with Crippen LogP contribution in [0.15, 0.2) is 53.7 Å². The van der Waals surface area contributed by atoms with Crippen LogP contribution < -0.4 is 14.8 Å². The maximum absolute atomic E-state index is 13.7. The summed E-state index contributed by atoms with van der Waals surface area (Å²) < 4.78 is 5.42. The van der Waals surface area contributed by atoms with Crippen LogP contribution in [0.2, 0.25) is 5.02 Å². The Morgan fingerprint density at radius 2 is 1.52 bits per heavy atom. The Bertz CT molecular complexity index is 1310. The van der Waals surface area contributed by atoms with Crippen molar-refractivity contribution in [3.8, 4) is 5.75 Å². The molecule has 2 aliphatic heterocycles. The number of para-hydroxylation sites is 3. The van der Waals surface area contributed by atoms with E-state index in [0.717, 1.165) is 38.5 Å². The van der Waals surface area contributed by atoms with Gasteiger partial charge in [0.25, 0.3) is 5.91 Å². The van der Waals surface area contributed by atoms with E-state index in [1.165, 1.54) is 10.3 Å². The Kier molecular flexibility index (Phi) is 5.03. The van der Waals surface area contributed by atoms with Gasteiger partial charge in [0, 0.05) is 10.6 Å². The van der Waals surface area contributed by atoms with E-state index in [4.69, 9.17) is 21.3 Å². The second kappa shape index (κ2) is 7.79. The van der Waals surface area contributed by atoms with Gasteiger partial charge in [-0.1, -0.05) is 35.9 Å². The minimum atomic E-state index is -0.296. The van der Waals surface area contributed by atoms with E-state index < -0.39 is 0 Å². The smallest absolute Gasteiger partial charge is 0.280 e. The van der Waals surface area contributed by atoms with Crippen molar-refractivity contribution in [2.75, 3.05) is 17.1 Å². The molecule has 5 rings (SSSR count). The fraction of sp³-hybridized carbons (Fsp3) is 0.200. The van der Waals surface area contributed by atoms with Gasteiger partial charge in [-0.05, 0) is 79.4 Å². The zero-order chi connectivity index (χ0) is 23.4. The summed E-state index contributed by atoms with van der Waals surface area (Å²) >= 11 is 6.56. The van der Waals surface area contributed by atoms with E-state index in [2.05, 4.69) is 5.16 Å². The highest BCUT2D eigenvalue weighted by atomic mass is 35.5. The van der Waals surface area contributed by atoms with Crippen molar-refractivity contribution in [2.24, 2.45) is 5.16 Å². The van der Waals surface area contributed by atoms with Crippen molar-refractivity contribution < 1.29 is 14.5 Å². The zero-order valence-corrected chi connectivity index (χ0v) is 19.8. The maximum Gasteiger partial charge on any atom is 0.280 e. The average molecular weight is 463 g/mol. The first kappa shape index (κ1) is 21.3. The molecule has 0 saturated carbocycles. The number of anilines is 2. The number of oxime groups is 1. The molecular formula is C25H23ClN4O3. The SMILES string of the molecule is COc1ccccc1C(=O)N1c2ccccc2N2C(c3c(C)c(C)c(Cl)c(C)c3C)=NON12. The van der Waals surface area contributed by atoms with Gasteiger partial charge in [-0.15, -0.1) is 0 Å². The summed E-state index contributed by atoms with van der Waals surface area (Å²) in [7, 11) is 1.54. The number of carbonyl (C=O) groups is 1. The third kappa shape index (κ3) is 3.00. The highest BCUT2D eigenvalue weighted by Crippen LogP contribution is 2.44. The first-order chi connectivity index (χ1) is 15.9. The Balaban J connectivity index is 1.65. The molecule has 0 radical (unpaired) electrons. The van der Waals surface area contributed by atoms with Crippen molar-refractivity contribution in [3.05, 3.63) is 86.9 Å². The van der Waals surface area contributed by atoms with Gasteiger partial charge in [0.15, 0.2) is 0 Å². The molecule has 0 saturated heterocycles. The fourth-order valence-electron chi connectivity index (χ4n) is 4.35. The molecule has 0 fully saturated rings. The van der Waals surface area contributed by atoms with Gasteiger partial charge in [0.05, 0.1) is 29.3 Å². The van der Waals surface area contributed by atoms with Crippen LogP contribution in [0.4, 0.5) is 11.4 Å². The number of rotatable bonds is 3. The Hall–Kier alpha value is -3.55. The van der Waals surface area contributed by atoms with Crippen molar-refractivity contribution in [1.29, 1.82) is 0 Å². The summed E-state index contributed by atoms with van der Waals surface area (Å²) in [5.41, 5.74) is 6.81. The van der Waals surface area contributed by atoms with E-state index in [9.17, 15) is 4.79 Å². The lowest BCUT2D eigenvalue weighted by Crippen LogP contribution is -2.49. The lowest BCUT2D eigenvalue weighted by Gasteiger charge is -2.26. The van der Waals surface area contributed by atoms with Gasteiger partial charge >= 0.3 is 0 Å². The quantitative estimate of drug-likeness (QED) is 0.515. The number of halogens is 1. The number of hydrogen-bond donors (Lipinski definition) is 0. The molecular weight excluding hydrogens is 440 g/mol. The normalized spacial score (nSPS) is 14.7. The second-order valence-corrected chi connectivity index (χ2v) is 8.43. The second-order valence-electron chi connectivity index (χ2n) is 8.06. The van der Waals surface area contributed by atoms with Crippen molar-refractivity contribution in [3.63, 3.8) is 0 Å². The molecule has 3 aromatic rings. The van der Waals surface area contributed by atoms with E-state index >= 15 is 0 Å². The monoisotopic (exact) mass is 462 g/mol. The van der Waals surface area contributed by atoms with Crippen LogP contribution in [-0.2, 0) is 4.94 Å². The minimum Gasteiger partial charge on any atom is -0.496 e. The predicted molar refractivity (Wildman–Crippen MR) is 129 cm³/mol. The number of ether oxygens (including phenoxy) is 1. The molecule has 0 bridgehead atoms. The molecule has 168 valence electrons. The Morgan fingerprint density at radius 3 is 2.18 bits per heavy atom. The summed E-state index contributed by atoms with van der Waals surface area (Å²) in [6, 6.07) is 14.7. The van der Waals surface area contributed by atoms with Crippen LogP contribution in [0, 0.1) is 27.7 Å². The molecule has 2 aliphatic rings. The first-order valence-electron chi connectivity index (χ1n) is 10.5. The summed E-state index contributed by atoms with van der Waals surface area (Å²) in [5.74, 6) is 0.779. The number of methoxy groups -OCH3 is 1. The van der Waals surface area contributed by atoms with E-state index in [1.54, 1.807) is 25.3 Å². The lowest BCUT2D eigenvalue weighted by molar-refractivity contribution is -0.135. The molecule has 0 spiro atoms. The number of hydrazine groups is 2. The zero-order valence-electron chi connectivity index (χ0n) is 19.0. The van der Waals surface area contributed by atoms with Gasteiger partial charge < -0.3 is 4.74 Å². The fourth-order valence-corrected chi connectivity index (χ4v) is 4.64. The number of hydrogen-bond acceptors (Lipinski definition) is 6. The van der Waals surface area contributed by atoms with Crippen LogP contribution in [0.25, 0.3) is 0 Å². The third-order valence-corrected chi connectivity index (χ3v) is 6.94. The molecule has 0 atom stereocenters. The molecule has 0 aliphatic carbocycles. The van der Waals surface area contributed by atoms with Crippen LogP contribution in [-0.4, -0.2) is 24.1 Å². The van der Waals surface area contributed by atoms with Crippen LogP contribution in [0.5, 0.6) is 5.75 Å². The number of benzene rings is 3. The number of amides is 1. The lowest BCUT2D eigenvalue weighted by atomic mass is 9.93. The van der Waals surface area contributed by atoms with Crippen molar-refractivity contribution in [1.82, 2.24) is 5.28 Å². The van der Waals surface area contributed by atoms with Crippen LogP contribution in [0.1, 0.15) is 38.2 Å². The molecule has 7 nitrogen and oxygen atoms in total. The van der Waals surface area contributed by atoms with Crippen molar-refractivity contribution >= 4 is 34.7 Å². The summed E-state index contributed by atoms with van der Waals surface area (Å²) in [4.78, 5) is 19.4. The third-order valence-electron chi connectivity index (χ3n) is 6.37. The molecule has 0 aromatic heterocycles. The molecule has 0 N–H and O–H groups in total. The van der Waals surface area contributed by atoms with Gasteiger partial charge in [0.1, 0.15) is 5.75 Å². The molecule has 33 heavy (non-hydrogen) atoms. The van der Waals surface area contributed by atoms with Gasteiger partial charge in [-0.2, -0.15) is 10.0 Å². The predicted octanol–water partition coefficient (Wildman–Crippen LogP) is 5.49. The maximum atomic E-state index is 13.7. The number of nitrogens with zero attached hydrogens (tertiary/aromatic N) is 4. The number of fused-ring (bicyclic) bond motifs is 3.